The molecule has 0 spiro atoms. The van der Waals surface area contributed by atoms with Crippen molar-refractivity contribution in [1.82, 2.24) is 0 Å². The molecule has 0 fully saturated rings. The second-order valence-electron chi connectivity index (χ2n) is 2.97. The molecule has 0 atom stereocenters. The monoisotopic (exact) mass is 206 g/mol. The van der Waals surface area contributed by atoms with Gasteiger partial charge in [-0.25, -0.2) is 4.79 Å². The van der Waals surface area contributed by atoms with Gasteiger partial charge in [0.15, 0.2) is 0 Å². The molecule has 0 aliphatic carbocycles. The summed E-state index contributed by atoms with van der Waals surface area (Å²) < 4.78 is 4.82. The summed E-state index contributed by atoms with van der Waals surface area (Å²) in [5.41, 5.74) is 4.83. The van der Waals surface area contributed by atoms with Gasteiger partial charge in [0, 0.05) is 17.5 Å². The van der Waals surface area contributed by atoms with Crippen molar-refractivity contribution >= 4 is 22.3 Å². The molecule has 2 aromatic rings. The number of hydrogen-bond donors (Lipinski definition) is 1. The Balaban J connectivity index is 2.77. The van der Waals surface area contributed by atoms with E-state index in [1.54, 1.807) is 0 Å². The highest BCUT2D eigenvalue weighted by Gasteiger charge is 2.08. The Morgan fingerprint density at radius 2 is 2.07 bits per heavy atom. The Bertz CT molecular complexity index is 603. The summed E-state index contributed by atoms with van der Waals surface area (Å²) in [5.74, 6) is 0. The number of rotatable bonds is 1. The molecular weight excluding hydrogens is 200 g/mol. The van der Waals surface area contributed by atoms with Crippen LogP contribution in [-0.2, 0) is 0 Å². The van der Waals surface area contributed by atoms with Crippen LogP contribution >= 0.6 is 0 Å². The molecule has 15 heavy (non-hydrogen) atoms. The molecule has 2 N–H and O–H groups in total. The average Bonchev–Trinajstić information content (AvgIpc) is 2.19. The van der Waals surface area contributed by atoms with Crippen LogP contribution in [0.3, 0.4) is 0 Å². The molecule has 76 valence electrons. The van der Waals surface area contributed by atoms with Gasteiger partial charge in [-0.15, -0.1) is 0 Å². The van der Waals surface area contributed by atoms with Crippen molar-refractivity contribution in [3.05, 3.63) is 44.8 Å². The number of non-ortho nitro benzene ring substituents is 1. The van der Waals surface area contributed by atoms with Crippen molar-refractivity contribution in [2.24, 2.45) is 0 Å². The molecule has 2 rings (SSSR count). The zero-order valence-electron chi connectivity index (χ0n) is 7.47. The number of nitrogens with two attached hydrogens (primary N) is 1. The Labute approximate surface area is 83.1 Å². The van der Waals surface area contributed by atoms with E-state index in [1.807, 2.05) is 0 Å². The van der Waals surface area contributed by atoms with E-state index in [2.05, 4.69) is 0 Å². The summed E-state index contributed by atoms with van der Waals surface area (Å²) in [5, 5.41) is 10.9. The van der Waals surface area contributed by atoms with Crippen LogP contribution in [0.1, 0.15) is 0 Å². The van der Waals surface area contributed by atoms with E-state index < -0.39 is 10.5 Å². The predicted octanol–water partition coefficient (Wildman–Crippen LogP) is 1.28. The third kappa shape index (κ3) is 1.52. The van der Waals surface area contributed by atoms with Gasteiger partial charge in [-0.2, -0.15) is 0 Å². The minimum absolute atomic E-state index is 0.0667. The number of nitrogen functional groups attached to an aromatic ring is 1. The quantitative estimate of drug-likeness (QED) is 0.430. The highest BCUT2D eigenvalue weighted by Crippen LogP contribution is 2.20. The Kier molecular flexibility index (Phi) is 1.89. The molecule has 6 heteroatoms. The van der Waals surface area contributed by atoms with E-state index in [4.69, 9.17) is 10.2 Å². The van der Waals surface area contributed by atoms with Gasteiger partial charge in [-0.3, -0.25) is 10.1 Å². The summed E-state index contributed by atoms with van der Waals surface area (Å²) in [7, 11) is 0. The summed E-state index contributed by atoms with van der Waals surface area (Å²) in [4.78, 5) is 21.0. The topological polar surface area (TPSA) is 99.4 Å². The minimum Gasteiger partial charge on any atom is -0.421 e. The van der Waals surface area contributed by atoms with Gasteiger partial charge < -0.3 is 10.2 Å². The van der Waals surface area contributed by atoms with Crippen molar-refractivity contribution in [1.29, 1.82) is 0 Å². The second-order valence-corrected chi connectivity index (χ2v) is 2.97. The molecule has 0 saturated carbocycles. The minimum atomic E-state index is -0.642. The van der Waals surface area contributed by atoms with Crippen molar-refractivity contribution in [2.75, 3.05) is 5.73 Å². The molecule has 0 unspecified atom stereocenters. The number of nitro benzene ring substituents is 1. The standard InChI is InChI=1S/C9H6N2O4/c10-7-4-5-3-6(11(13)14)1-2-8(5)15-9(7)12/h1-4H,10H2. The summed E-state index contributed by atoms with van der Waals surface area (Å²) in [6.07, 6.45) is 0. The Morgan fingerprint density at radius 3 is 2.73 bits per heavy atom. The molecule has 0 amide bonds. The molecule has 0 aliphatic rings. The fourth-order valence-electron chi connectivity index (χ4n) is 1.24. The van der Waals surface area contributed by atoms with Gasteiger partial charge in [0.2, 0.25) is 0 Å². The average molecular weight is 206 g/mol. The number of hydrogen-bond acceptors (Lipinski definition) is 5. The van der Waals surface area contributed by atoms with Crippen LogP contribution < -0.4 is 11.4 Å². The van der Waals surface area contributed by atoms with E-state index in [9.17, 15) is 14.9 Å². The van der Waals surface area contributed by atoms with Crippen LogP contribution in [0.15, 0.2) is 33.5 Å². The summed E-state index contributed by atoms with van der Waals surface area (Å²) >= 11 is 0. The number of nitrogens with zero attached hydrogens (tertiary/aromatic N) is 1. The molecule has 0 saturated heterocycles. The third-order valence-electron chi connectivity index (χ3n) is 1.95. The first kappa shape index (κ1) is 9.20. The van der Waals surface area contributed by atoms with E-state index >= 15 is 0 Å². The molecule has 1 heterocycles. The molecule has 1 aromatic carbocycles. The second kappa shape index (κ2) is 3.09. The number of fused-ring (bicyclic) bond motifs is 1. The Hall–Kier alpha value is -2.37. The first-order valence-corrected chi connectivity index (χ1v) is 4.06. The third-order valence-corrected chi connectivity index (χ3v) is 1.95. The molecule has 6 nitrogen and oxygen atoms in total. The van der Waals surface area contributed by atoms with Crippen LogP contribution in [0.4, 0.5) is 11.4 Å². The van der Waals surface area contributed by atoms with Crippen LogP contribution in [-0.4, -0.2) is 4.92 Å². The molecular formula is C9H6N2O4. The fourth-order valence-corrected chi connectivity index (χ4v) is 1.24. The number of benzene rings is 1. The lowest BCUT2D eigenvalue weighted by molar-refractivity contribution is -0.384. The zero-order chi connectivity index (χ0) is 11.0. The molecule has 1 aromatic heterocycles. The van der Waals surface area contributed by atoms with Crippen LogP contribution in [0.5, 0.6) is 0 Å². The Morgan fingerprint density at radius 1 is 1.33 bits per heavy atom. The molecule has 0 bridgehead atoms. The molecule has 0 aliphatic heterocycles. The first-order chi connectivity index (χ1) is 7.08. The lowest BCUT2D eigenvalue weighted by atomic mass is 10.2. The van der Waals surface area contributed by atoms with Gasteiger partial charge in [0.25, 0.3) is 5.69 Å². The first-order valence-electron chi connectivity index (χ1n) is 4.06. The summed E-state index contributed by atoms with van der Waals surface area (Å²) in [6, 6.07) is 5.29. The number of anilines is 1. The van der Waals surface area contributed by atoms with Crippen LogP contribution in [0.2, 0.25) is 0 Å². The van der Waals surface area contributed by atoms with E-state index in [-0.39, 0.29) is 17.0 Å². The van der Waals surface area contributed by atoms with E-state index in [0.29, 0.717) is 5.39 Å². The van der Waals surface area contributed by atoms with Crippen molar-refractivity contribution in [2.45, 2.75) is 0 Å². The SMILES string of the molecule is Nc1cc2cc([N+](=O)[O-])ccc2oc1=O. The lowest BCUT2D eigenvalue weighted by Gasteiger charge is -1.97. The van der Waals surface area contributed by atoms with Crippen LogP contribution in [0, 0.1) is 10.1 Å². The normalized spacial score (nSPS) is 10.4. The van der Waals surface area contributed by atoms with Gasteiger partial charge in [0.05, 0.1) is 4.92 Å². The van der Waals surface area contributed by atoms with E-state index in [0.717, 1.165) is 0 Å². The lowest BCUT2D eigenvalue weighted by Crippen LogP contribution is -2.05. The fraction of sp³-hybridized carbons (Fsp3) is 0. The van der Waals surface area contributed by atoms with Crippen molar-refractivity contribution < 1.29 is 9.34 Å². The number of nitro groups is 1. The highest BCUT2D eigenvalue weighted by molar-refractivity contribution is 5.81. The van der Waals surface area contributed by atoms with Gasteiger partial charge in [0.1, 0.15) is 11.3 Å². The maximum absolute atomic E-state index is 11.0. The smallest absolute Gasteiger partial charge is 0.359 e. The highest BCUT2D eigenvalue weighted by atomic mass is 16.6. The zero-order valence-corrected chi connectivity index (χ0v) is 7.47. The van der Waals surface area contributed by atoms with Gasteiger partial charge >= 0.3 is 5.63 Å². The maximum Gasteiger partial charge on any atom is 0.359 e. The molecule has 0 radical (unpaired) electrons. The van der Waals surface area contributed by atoms with Crippen LogP contribution in [0.25, 0.3) is 11.0 Å². The predicted molar refractivity (Wildman–Crippen MR) is 53.6 cm³/mol. The summed E-state index contributed by atoms with van der Waals surface area (Å²) in [6.45, 7) is 0. The van der Waals surface area contributed by atoms with Crippen molar-refractivity contribution in [3.63, 3.8) is 0 Å². The maximum atomic E-state index is 11.0. The van der Waals surface area contributed by atoms with Gasteiger partial charge in [-0.1, -0.05) is 0 Å². The van der Waals surface area contributed by atoms with Crippen molar-refractivity contribution in [3.8, 4) is 0 Å². The largest absolute Gasteiger partial charge is 0.421 e. The van der Waals surface area contributed by atoms with E-state index in [1.165, 1.54) is 24.3 Å². The van der Waals surface area contributed by atoms with Gasteiger partial charge in [-0.05, 0) is 12.1 Å².